The molecule has 0 radical (unpaired) electrons. The number of rotatable bonds is 7. The molecule has 0 atom stereocenters. The number of pyridine rings is 1. The van der Waals surface area contributed by atoms with Gasteiger partial charge in [0.2, 0.25) is 0 Å². The molecule has 2 aromatic heterocycles. The van der Waals surface area contributed by atoms with E-state index in [0.717, 1.165) is 22.8 Å². The van der Waals surface area contributed by atoms with Gasteiger partial charge in [-0.05, 0) is 51.8 Å². The fourth-order valence-corrected chi connectivity index (χ4v) is 2.66. The molecule has 1 N–H and O–H groups in total. The first-order chi connectivity index (χ1) is 13.2. The van der Waals surface area contributed by atoms with Crippen molar-refractivity contribution in [2.45, 2.75) is 52.5 Å². The van der Waals surface area contributed by atoms with E-state index < -0.39 is 5.54 Å². The van der Waals surface area contributed by atoms with Gasteiger partial charge in [-0.15, -0.1) is 0 Å². The van der Waals surface area contributed by atoms with Crippen molar-refractivity contribution in [3.8, 4) is 12.5 Å². The molecule has 0 saturated carbocycles. The summed E-state index contributed by atoms with van der Waals surface area (Å²) in [5.74, 6) is 0.290. The van der Waals surface area contributed by atoms with Gasteiger partial charge in [0.05, 0.1) is 34.2 Å². The number of allylic oxidation sites excluding steroid dienone is 2. The SMILES string of the molecule is C#CNC(=CC=NC(C)(C)c1cnc(C(C)(C)c2ccccn2)cn1)C(C)C. The second kappa shape index (κ2) is 8.79. The van der Waals surface area contributed by atoms with Crippen molar-refractivity contribution in [3.05, 3.63) is 65.6 Å². The van der Waals surface area contributed by atoms with Crippen LogP contribution in [0.1, 0.15) is 58.6 Å². The number of terminal acetylenes is 1. The van der Waals surface area contributed by atoms with Crippen molar-refractivity contribution in [1.82, 2.24) is 20.3 Å². The third kappa shape index (κ3) is 5.04. The predicted octanol–water partition coefficient (Wildman–Crippen LogP) is 4.22. The van der Waals surface area contributed by atoms with Crippen LogP contribution in [0, 0.1) is 18.4 Å². The highest BCUT2D eigenvalue weighted by Gasteiger charge is 2.28. The van der Waals surface area contributed by atoms with E-state index >= 15 is 0 Å². The Hall–Kier alpha value is -3.00. The summed E-state index contributed by atoms with van der Waals surface area (Å²) in [7, 11) is 0. The van der Waals surface area contributed by atoms with E-state index in [1.165, 1.54) is 0 Å². The first-order valence-electron chi connectivity index (χ1n) is 9.40. The summed E-state index contributed by atoms with van der Waals surface area (Å²) in [5.41, 5.74) is 2.75. The fourth-order valence-electron chi connectivity index (χ4n) is 2.66. The second-order valence-electron chi connectivity index (χ2n) is 8.01. The summed E-state index contributed by atoms with van der Waals surface area (Å²) in [6.45, 7) is 12.4. The maximum absolute atomic E-state index is 5.34. The van der Waals surface area contributed by atoms with Gasteiger partial charge in [0.25, 0.3) is 0 Å². The summed E-state index contributed by atoms with van der Waals surface area (Å²) in [4.78, 5) is 18.4. The zero-order valence-corrected chi connectivity index (χ0v) is 17.6. The van der Waals surface area contributed by atoms with Crippen LogP contribution in [0.15, 0.2) is 53.6 Å². The Labute approximate surface area is 168 Å². The van der Waals surface area contributed by atoms with Gasteiger partial charge in [0.15, 0.2) is 0 Å². The number of hydrogen-bond acceptors (Lipinski definition) is 5. The summed E-state index contributed by atoms with van der Waals surface area (Å²) in [5, 5.41) is 2.91. The number of aromatic nitrogens is 3. The van der Waals surface area contributed by atoms with E-state index in [4.69, 9.17) is 6.42 Å². The molecule has 2 heterocycles. The molecule has 0 fully saturated rings. The van der Waals surface area contributed by atoms with Crippen LogP contribution in [0.5, 0.6) is 0 Å². The lowest BCUT2D eigenvalue weighted by Crippen LogP contribution is -2.24. The topological polar surface area (TPSA) is 63.1 Å². The summed E-state index contributed by atoms with van der Waals surface area (Å²) < 4.78 is 0. The molecule has 2 rings (SSSR count). The Morgan fingerprint density at radius 2 is 1.75 bits per heavy atom. The third-order valence-electron chi connectivity index (χ3n) is 4.71. The molecule has 0 spiro atoms. The van der Waals surface area contributed by atoms with E-state index in [-0.39, 0.29) is 5.41 Å². The number of nitrogens with one attached hydrogen (secondary N) is 1. The molecule has 146 valence electrons. The monoisotopic (exact) mass is 375 g/mol. The lowest BCUT2D eigenvalue weighted by atomic mass is 9.85. The predicted molar refractivity (Wildman–Crippen MR) is 115 cm³/mol. The van der Waals surface area contributed by atoms with Crippen molar-refractivity contribution >= 4 is 6.21 Å². The highest BCUT2D eigenvalue weighted by atomic mass is 14.9. The maximum Gasteiger partial charge on any atom is 0.0985 e. The zero-order chi connectivity index (χ0) is 20.8. The van der Waals surface area contributed by atoms with Crippen molar-refractivity contribution in [3.63, 3.8) is 0 Å². The molecule has 0 aliphatic carbocycles. The highest BCUT2D eigenvalue weighted by molar-refractivity contribution is 5.72. The quantitative estimate of drug-likeness (QED) is 0.447. The van der Waals surface area contributed by atoms with Crippen molar-refractivity contribution in [1.29, 1.82) is 0 Å². The van der Waals surface area contributed by atoms with Gasteiger partial charge in [-0.25, -0.2) is 0 Å². The van der Waals surface area contributed by atoms with Crippen LogP contribution < -0.4 is 5.32 Å². The molecule has 0 aromatic carbocycles. The fraction of sp³-hybridized carbons (Fsp3) is 0.391. The van der Waals surface area contributed by atoms with Gasteiger partial charge in [0.1, 0.15) is 0 Å². The Morgan fingerprint density at radius 1 is 1.07 bits per heavy atom. The minimum Gasteiger partial charge on any atom is -0.319 e. The van der Waals surface area contributed by atoms with Crippen LogP contribution in [0.2, 0.25) is 0 Å². The Morgan fingerprint density at radius 3 is 2.29 bits per heavy atom. The van der Waals surface area contributed by atoms with Gasteiger partial charge in [-0.3, -0.25) is 19.9 Å². The lowest BCUT2D eigenvalue weighted by molar-refractivity contribution is 0.529. The first-order valence-corrected chi connectivity index (χ1v) is 9.40. The zero-order valence-electron chi connectivity index (χ0n) is 17.6. The smallest absolute Gasteiger partial charge is 0.0985 e. The Balaban J connectivity index is 2.23. The maximum atomic E-state index is 5.34. The largest absolute Gasteiger partial charge is 0.319 e. The van der Waals surface area contributed by atoms with Gasteiger partial charge in [0, 0.05) is 30.3 Å². The average molecular weight is 376 g/mol. The summed E-state index contributed by atoms with van der Waals surface area (Å²) in [6.07, 6.45) is 14.4. The van der Waals surface area contributed by atoms with E-state index in [2.05, 4.69) is 59.0 Å². The lowest BCUT2D eigenvalue weighted by Gasteiger charge is -2.24. The molecule has 0 saturated heterocycles. The molecular formula is C23H29N5. The van der Waals surface area contributed by atoms with Crippen LogP contribution in [0.4, 0.5) is 0 Å². The molecule has 0 amide bonds. The van der Waals surface area contributed by atoms with E-state index in [9.17, 15) is 0 Å². The minimum atomic E-state index is -0.505. The van der Waals surface area contributed by atoms with Crippen LogP contribution >= 0.6 is 0 Å². The Bertz CT molecular complexity index is 869. The van der Waals surface area contributed by atoms with E-state index in [1.54, 1.807) is 18.6 Å². The van der Waals surface area contributed by atoms with Gasteiger partial charge in [-0.2, -0.15) is 0 Å². The van der Waals surface area contributed by atoms with E-state index in [0.29, 0.717) is 5.92 Å². The van der Waals surface area contributed by atoms with Crippen LogP contribution in [0.25, 0.3) is 0 Å². The van der Waals surface area contributed by atoms with Gasteiger partial charge in [-0.1, -0.05) is 26.3 Å². The molecular weight excluding hydrogens is 346 g/mol. The average Bonchev–Trinajstić information content (AvgIpc) is 2.68. The summed E-state index contributed by atoms with van der Waals surface area (Å²) in [6, 6.07) is 8.36. The van der Waals surface area contributed by atoms with Crippen molar-refractivity contribution in [2.24, 2.45) is 10.9 Å². The summed E-state index contributed by atoms with van der Waals surface area (Å²) >= 11 is 0. The molecule has 2 aromatic rings. The van der Waals surface area contributed by atoms with E-state index in [1.807, 2.05) is 44.3 Å². The third-order valence-corrected chi connectivity index (χ3v) is 4.71. The second-order valence-corrected chi connectivity index (χ2v) is 8.01. The van der Waals surface area contributed by atoms with Crippen LogP contribution in [-0.4, -0.2) is 21.2 Å². The molecule has 0 unspecified atom stereocenters. The molecule has 5 heteroatoms. The minimum absolute atomic E-state index is 0.290. The number of nitrogens with zero attached hydrogens (tertiary/aromatic N) is 4. The Kier molecular flexibility index (Phi) is 6.69. The van der Waals surface area contributed by atoms with Crippen LogP contribution in [0.3, 0.4) is 0 Å². The highest BCUT2D eigenvalue weighted by Crippen LogP contribution is 2.29. The van der Waals surface area contributed by atoms with Gasteiger partial charge >= 0.3 is 0 Å². The number of hydrogen-bond donors (Lipinski definition) is 1. The van der Waals surface area contributed by atoms with Crippen molar-refractivity contribution in [2.75, 3.05) is 0 Å². The molecule has 28 heavy (non-hydrogen) atoms. The van der Waals surface area contributed by atoms with Crippen LogP contribution in [-0.2, 0) is 11.0 Å². The molecule has 0 bridgehead atoms. The molecule has 0 aliphatic heterocycles. The molecule has 5 nitrogen and oxygen atoms in total. The standard InChI is InChI=1S/C23H29N5/c1-8-24-18(17(2)3)12-14-28-23(6,7)21-16-26-20(15-27-21)22(4,5)19-11-9-10-13-25-19/h1,9-17,24H,2-7H3. The first kappa shape index (κ1) is 21.3. The van der Waals surface area contributed by atoms with Gasteiger partial charge < -0.3 is 5.32 Å². The molecule has 0 aliphatic rings. The normalized spacial score (nSPS) is 13.0. The van der Waals surface area contributed by atoms with Crippen molar-refractivity contribution < 1.29 is 0 Å². The number of aliphatic imine (C=N–C) groups is 1.